The van der Waals surface area contributed by atoms with Gasteiger partial charge in [0, 0.05) is 4.88 Å². The molecule has 0 aliphatic rings. The normalized spacial score (nSPS) is 11.9. The zero-order valence-corrected chi connectivity index (χ0v) is 15.4. The Hall–Kier alpha value is -2.48. The lowest BCUT2D eigenvalue weighted by atomic mass is 10.2. The Morgan fingerprint density at radius 2 is 1.96 bits per heavy atom. The maximum Gasteiger partial charge on any atom is 0.387 e. The quantitative estimate of drug-likeness (QED) is 0.720. The largest absolute Gasteiger partial charge is 0.448 e. The molecular weight excluding hydrogens is 364 g/mol. The summed E-state index contributed by atoms with van der Waals surface area (Å²) in [5.41, 5.74) is 1.12. The van der Waals surface area contributed by atoms with E-state index in [4.69, 9.17) is 4.74 Å². The van der Waals surface area contributed by atoms with Crippen LogP contribution in [0.15, 0.2) is 30.3 Å². The standard InChI is InChI=1S/C18H19F2NO4S/c1-4-12-9-15(26-11(12)3)17(23)24-10(2)16(22)21-13-7-5-6-8-14(13)25-18(19)20/h5-10,18H,4H2,1-3H3,(H,21,22). The molecule has 0 radical (unpaired) electrons. The van der Waals surface area contributed by atoms with Gasteiger partial charge in [-0.15, -0.1) is 11.3 Å². The lowest BCUT2D eigenvalue weighted by Gasteiger charge is -2.15. The van der Waals surface area contributed by atoms with E-state index in [1.165, 1.54) is 36.5 Å². The van der Waals surface area contributed by atoms with Crippen LogP contribution in [0.5, 0.6) is 5.75 Å². The van der Waals surface area contributed by atoms with Gasteiger partial charge in [0.05, 0.1) is 5.69 Å². The molecule has 0 aliphatic carbocycles. The van der Waals surface area contributed by atoms with Crippen molar-refractivity contribution in [2.75, 3.05) is 5.32 Å². The first kappa shape index (κ1) is 19.8. The number of esters is 1. The molecule has 1 N–H and O–H groups in total. The van der Waals surface area contributed by atoms with Crippen molar-refractivity contribution < 1.29 is 27.8 Å². The number of alkyl halides is 2. The monoisotopic (exact) mass is 383 g/mol. The van der Waals surface area contributed by atoms with Crippen molar-refractivity contribution in [1.82, 2.24) is 0 Å². The van der Waals surface area contributed by atoms with Crippen LogP contribution in [0.3, 0.4) is 0 Å². The van der Waals surface area contributed by atoms with Crippen LogP contribution in [0, 0.1) is 6.92 Å². The van der Waals surface area contributed by atoms with Gasteiger partial charge in [0.25, 0.3) is 5.91 Å². The highest BCUT2D eigenvalue weighted by Crippen LogP contribution is 2.26. The molecule has 0 bridgehead atoms. The summed E-state index contributed by atoms with van der Waals surface area (Å²) in [6, 6.07) is 7.53. The number of nitrogens with one attached hydrogen (secondary N) is 1. The van der Waals surface area contributed by atoms with Crippen LogP contribution in [-0.2, 0) is 16.0 Å². The number of hydrogen-bond acceptors (Lipinski definition) is 5. The minimum atomic E-state index is -3.02. The molecule has 1 amide bonds. The number of benzene rings is 1. The van der Waals surface area contributed by atoms with Crippen molar-refractivity contribution in [3.05, 3.63) is 45.6 Å². The smallest absolute Gasteiger partial charge is 0.387 e. The topological polar surface area (TPSA) is 64.6 Å². The van der Waals surface area contributed by atoms with Crippen molar-refractivity contribution in [2.24, 2.45) is 0 Å². The van der Waals surface area contributed by atoms with Crippen molar-refractivity contribution in [3.63, 3.8) is 0 Å². The van der Waals surface area contributed by atoms with Gasteiger partial charge in [-0.2, -0.15) is 8.78 Å². The van der Waals surface area contributed by atoms with Crippen LogP contribution >= 0.6 is 11.3 Å². The van der Waals surface area contributed by atoms with Crippen molar-refractivity contribution in [2.45, 2.75) is 39.9 Å². The maximum atomic E-state index is 12.4. The average Bonchev–Trinajstić information content (AvgIpc) is 2.97. The number of carbonyl (C=O) groups excluding carboxylic acids is 2. The molecule has 1 aromatic carbocycles. The Bertz CT molecular complexity index is 791. The van der Waals surface area contributed by atoms with Gasteiger partial charge in [-0.05, 0) is 44.0 Å². The highest BCUT2D eigenvalue weighted by molar-refractivity contribution is 7.14. The number of para-hydroxylation sites is 2. The zero-order chi connectivity index (χ0) is 19.3. The molecule has 1 heterocycles. The fourth-order valence-electron chi connectivity index (χ4n) is 2.25. The minimum Gasteiger partial charge on any atom is -0.448 e. The van der Waals surface area contributed by atoms with Gasteiger partial charge < -0.3 is 14.8 Å². The Morgan fingerprint density at radius 1 is 1.27 bits per heavy atom. The van der Waals surface area contributed by atoms with Crippen LogP contribution in [0.1, 0.15) is 34.0 Å². The molecule has 0 saturated carbocycles. The lowest BCUT2D eigenvalue weighted by Crippen LogP contribution is -2.30. The number of halogens is 2. The Labute approximate surface area is 153 Å². The molecule has 2 rings (SSSR count). The van der Waals surface area contributed by atoms with E-state index in [-0.39, 0.29) is 11.4 Å². The van der Waals surface area contributed by atoms with E-state index >= 15 is 0 Å². The number of amides is 1. The third-order valence-corrected chi connectivity index (χ3v) is 4.69. The van der Waals surface area contributed by atoms with E-state index in [9.17, 15) is 18.4 Å². The van der Waals surface area contributed by atoms with Gasteiger partial charge in [0.1, 0.15) is 10.6 Å². The summed E-state index contributed by atoms with van der Waals surface area (Å²) >= 11 is 1.30. The maximum absolute atomic E-state index is 12.4. The molecule has 1 unspecified atom stereocenters. The third-order valence-electron chi connectivity index (χ3n) is 3.62. The Morgan fingerprint density at radius 3 is 2.58 bits per heavy atom. The number of aryl methyl sites for hydroxylation is 2. The van der Waals surface area contributed by atoms with Crippen LogP contribution in [0.25, 0.3) is 0 Å². The summed E-state index contributed by atoms with van der Waals surface area (Å²) in [6.07, 6.45) is -0.304. The second-order valence-electron chi connectivity index (χ2n) is 5.46. The van der Waals surface area contributed by atoms with E-state index in [0.717, 1.165) is 16.9 Å². The van der Waals surface area contributed by atoms with E-state index in [2.05, 4.69) is 10.1 Å². The number of hydrogen-bond donors (Lipinski definition) is 1. The highest BCUT2D eigenvalue weighted by atomic mass is 32.1. The lowest BCUT2D eigenvalue weighted by molar-refractivity contribution is -0.123. The van der Waals surface area contributed by atoms with E-state index in [1.54, 1.807) is 12.1 Å². The molecule has 0 saturated heterocycles. The van der Waals surface area contributed by atoms with Gasteiger partial charge in [0.2, 0.25) is 0 Å². The number of carbonyl (C=O) groups is 2. The fraction of sp³-hybridized carbons (Fsp3) is 0.333. The fourth-order valence-corrected chi connectivity index (χ4v) is 3.24. The van der Waals surface area contributed by atoms with Crippen LogP contribution in [-0.4, -0.2) is 24.6 Å². The van der Waals surface area contributed by atoms with Gasteiger partial charge in [-0.25, -0.2) is 4.79 Å². The van der Waals surface area contributed by atoms with Crippen molar-refractivity contribution >= 4 is 28.9 Å². The molecule has 26 heavy (non-hydrogen) atoms. The number of ether oxygens (including phenoxy) is 2. The second kappa shape index (κ2) is 8.75. The Kier molecular flexibility index (Phi) is 6.68. The number of thiophene rings is 1. The summed E-state index contributed by atoms with van der Waals surface area (Å²) in [4.78, 5) is 25.8. The second-order valence-corrected chi connectivity index (χ2v) is 6.71. The first-order valence-corrected chi connectivity index (χ1v) is 8.78. The van der Waals surface area contributed by atoms with Crippen molar-refractivity contribution in [3.8, 4) is 5.75 Å². The summed E-state index contributed by atoms with van der Waals surface area (Å²) in [5.74, 6) is -1.42. The average molecular weight is 383 g/mol. The van der Waals surface area contributed by atoms with Gasteiger partial charge in [0.15, 0.2) is 6.10 Å². The third kappa shape index (κ3) is 5.01. The van der Waals surface area contributed by atoms with E-state index in [1.807, 2.05) is 13.8 Å². The summed E-state index contributed by atoms with van der Waals surface area (Å²) in [5, 5.41) is 2.43. The number of rotatable bonds is 7. The number of anilines is 1. The molecule has 5 nitrogen and oxygen atoms in total. The first-order chi connectivity index (χ1) is 12.3. The van der Waals surface area contributed by atoms with Gasteiger partial charge in [-0.1, -0.05) is 19.1 Å². The molecular formula is C18H19F2NO4S. The van der Waals surface area contributed by atoms with Crippen LogP contribution in [0.4, 0.5) is 14.5 Å². The molecule has 2 aromatic rings. The predicted octanol–water partition coefficient (Wildman–Crippen LogP) is 4.40. The molecule has 8 heteroatoms. The summed E-state index contributed by atoms with van der Waals surface area (Å²) in [7, 11) is 0. The molecule has 140 valence electrons. The van der Waals surface area contributed by atoms with Gasteiger partial charge >= 0.3 is 12.6 Å². The van der Waals surface area contributed by atoms with Crippen LogP contribution in [0.2, 0.25) is 0 Å². The van der Waals surface area contributed by atoms with E-state index in [0.29, 0.717) is 4.88 Å². The minimum absolute atomic E-state index is 0.0703. The van der Waals surface area contributed by atoms with E-state index < -0.39 is 24.6 Å². The summed E-state index contributed by atoms with van der Waals surface area (Å²) < 4.78 is 34.4. The highest BCUT2D eigenvalue weighted by Gasteiger charge is 2.22. The molecule has 1 atom stereocenters. The predicted molar refractivity (Wildman–Crippen MR) is 95.0 cm³/mol. The van der Waals surface area contributed by atoms with Gasteiger partial charge in [-0.3, -0.25) is 4.79 Å². The zero-order valence-electron chi connectivity index (χ0n) is 14.5. The molecule has 0 aliphatic heterocycles. The Balaban J connectivity index is 2.02. The SMILES string of the molecule is CCc1cc(C(=O)OC(C)C(=O)Nc2ccccc2OC(F)F)sc1C. The molecule has 0 fully saturated rings. The molecule has 0 spiro atoms. The summed E-state index contributed by atoms with van der Waals surface area (Å²) in [6.45, 7) is 2.29. The van der Waals surface area contributed by atoms with Crippen molar-refractivity contribution in [1.29, 1.82) is 0 Å². The van der Waals surface area contributed by atoms with Crippen LogP contribution < -0.4 is 10.1 Å². The first-order valence-electron chi connectivity index (χ1n) is 7.96. The molecule has 1 aromatic heterocycles.